The zero-order valence-corrected chi connectivity index (χ0v) is 11.2. The number of benzene rings is 2. The first-order valence-electron chi connectivity index (χ1n) is 5.39. The highest BCUT2D eigenvalue weighted by molar-refractivity contribution is 9.10. The summed E-state index contributed by atoms with van der Waals surface area (Å²) in [4.78, 5) is 0. The molecule has 2 aromatic rings. The Morgan fingerprint density at radius 2 is 1.53 bits per heavy atom. The molecule has 0 saturated heterocycles. The van der Waals surface area contributed by atoms with Crippen LogP contribution in [0.5, 0.6) is 0 Å². The van der Waals surface area contributed by atoms with Crippen LogP contribution in [0.15, 0.2) is 40.9 Å². The van der Waals surface area contributed by atoms with Crippen LogP contribution in [0.1, 0.15) is 17.2 Å². The third kappa shape index (κ3) is 2.97. The molecule has 0 radical (unpaired) electrons. The van der Waals surface area contributed by atoms with Crippen LogP contribution in [-0.2, 0) is 0 Å². The van der Waals surface area contributed by atoms with E-state index in [1.807, 2.05) is 0 Å². The van der Waals surface area contributed by atoms with Gasteiger partial charge in [-0.25, -0.2) is 18.6 Å². The van der Waals surface area contributed by atoms with Gasteiger partial charge in [-0.2, -0.15) is 0 Å². The summed E-state index contributed by atoms with van der Waals surface area (Å²) in [7, 11) is 0. The number of hydrogen-bond acceptors (Lipinski definition) is 2. The third-order valence-electron chi connectivity index (χ3n) is 2.71. The van der Waals surface area contributed by atoms with Crippen LogP contribution in [0, 0.1) is 17.5 Å². The lowest BCUT2D eigenvalue weighted by Crippen LogP contribution is -2.30. The first kappa shape index (κ1) is 14.0. The zero-order valence-electron chi connectivity index (χ0n) is 9.63. The molecule has 6 heteroatoms. The number of hydrazine groups is 1. The molecule has 100 valence electrons. The van der Waals surface area contributed by atoms with Gasteiger partial charge in [-0.3, -0.25) is 5.84 Å². The van der Waals surface area contributed by atoms with Crippen LogP contribution in [0.2, 0.25) is 0 Å². The molecule has 0 heterocycles. The Hall–Kier alpha value is -1.37. The molecule has 2 rings (SSSR count). The molecular weight excluding hydrogens is 321 g/mol. The van der Waals surface area contributed by atoms with E-state index in [4.69, 9.17) is 5.84 Å². The summed E-state index contributed by atoms with van der Waals surface area (Å²) in [5.74, 6) is 3.33. The molecule has 0 amide bonds. The van der Waals surface area contributed by atoms with Crippen molar-refractivity contribution in [3.63, 3.8) is 0 Å². The number of halogens is 4. The highest BCUT2D eigenvalue weighted by Gasteiger charge is 2.20. The van der Waals surface area contributed by atoms with Crippen molar-refractivity contribution in [3.05, 3.63) is 69.4 Å². The molecule has 3 N–H and O–H groups in total. The second-order valence-electron chi connectivity index (χ2n) is 3.93. The number of nitrogens with one attached hydrogen (secondary N) is 1. The maximum absolute atomic E-state index is 13.9. The molecule has 0 bridgehead atoms. The molecule has 0 aliphatic carbocycles. The van der Waals surface area contributed by atoms with Crippen molar-refractivity contribution in [2.75, 3.05) is 0 Å². The summed E-state index contributed by atoms with van der Waals surface area (Å²) in [6.45, 7) is 0. The minimum absolute atomic E-state index is 0.0742. The first-order valence-corrected chi connectivity index (χ1v) is 6.18. The predicted octanol–water partition coefficient (Wildman–Crippen LogP) is 3.42. The Kier molecular flexibility index (Phi) is 4.24. The van der Waals surface area contributed by atoms with Crippen LogP contribution < -0.4 is 11.3 Å². The summed E-state index contributed by atoms with van der Waals surface area (Å²) in [5, 5.41) is 0. The lowest BCUT2D eigenvalue weighted by Gasteiger charge is -2.18. The Morgan fingerprint density at radius 1 is 0.947 bits per heavy atom. The molecular formula is C13H10BrF3N2. The van der Waals surface area contributed by atoms with E-state index in [9.17, 15) is 13.2 Å². The van der Waals surface area contributed by atoms with Gasteiger partial charge in [-0.05, 0) is 18.2 Å². The van der Waals surface area contributed by atoms with Gasteiger partial charge in [0.25, 0.3) is 0 Å². The molecule has 19 heavy (non-hydrogen) atoms. The molecule has 2 aromatic carbocycles. The standard InChI is InChI=1S/C13H10BrF3N2/c14-7-1-3-9(11(16)5-7)13(19-18)10-4-2-8(15)6-12(10)17/h1-6,13,19H,18H2. The fourth-order valence-corrected chi connectivity index (χ4v) is 2.15. The smallest absolute Gasteiger partial charge is 0.131 e. The van der Waals surface area contributed by atoms with Crippen molar-refractivity contribution in [2.24, 2.45) is 5.84 Å². The first-order chi connectivity index (χ1) is 9.02. The van der Waals surface area contributed by atoms with Gasteiger partial charge in [-0.1, -0.05) is 28.1 Å². The Labute approximate surface area is 116 Å². The maximum atomic E-state index is 13.9. The lowest BCUT2D eigenvalue weighted by atomic mass is 9.98. The number of hydrogen-bond donors (Lipinski definition) is 2. The van der Waals surface area contributed by atoms with Gasteiger partial charge in [0, 0.05) is 21.7 Å². The quantitative estimate of drug-likeness (QED) is 0.668. The second-order valence-corrected chi connectivity index (χ2v) is 4.85. The van der Waals surface area contributed by atoms with Crippen LogP contribution in [0.25, 0.3) is 0 Å². The molecule has 0 aromatic heterocycles. The van der Waals surface area contributed by atoms with E-state index in [0.29, 0.717) is 4.47 Å². The largest absolute Gasteiger partial charge is 0.271 e. The van der Waals surface area contributed by atoms with Crippen LogP contribution in [0.3, 0.4) is 0 Å². The van der Waals surface area contributed by atoms with Gasteiger partial charge >= 0.3 is 0 Å². The Bertz CT molecular complexity index is 553. The maximum Gasteiger partial charge on any atom is 0.131 e. The van der Waals surface area contributed by atoms with Crippen LogP contribution in [0.4, 0.5) is 13.2 Å². The van der Waals surface area contributed by atoms with E-state index in [1.165, 1.54) is 18.2 Å². The Balaban J connectivity index is 2.50. The lowest BCUT2D eigenvalue weighted by molar-refractivity contribution is 0.522. The number of rotatable bonds is 3. The van der Waals surface area contributed by atoms with Crippen molar-refractivity contribution in [1.82, 2.24) is 5.43 Å². The fraction of sp³-hybridized carbons (Fsp3) is 0.0769. The van der Waals surface area contributed by atoms with Crippen molar-refractivity contribution in [1.29, 1.82) is 0 Å². The SMILES string of the molecule is NNC(c1ccc(F)cc1F)c1ccc(Br)cc1F. The normalized spacial score (nSPS) is 12.5. The summed E-state index contributed by atoms with van der Waals surface area (Å²) in [6, 6.07) is 6.51. The third-order valence-corrected chi connectivity index (χ3v) is 3.21. The number of nitrogens with two attached hydrogens (primary N) is 1. The van der Waals surface area contributed by atoms with E-state index < -0.39 is 23.5 Å². The summed E-state index contributed by atoms with van der Waals surface area (Å²) in [6.07, 6.45) is 0. The predicted molar refractivity (Wildman–Crippen MR) is 69.6 cm³/mol. The van der Waals surface area contributed by atoms with Crippen LogP contribution >= 0.6 is 15.9 Å². The highest BCUT2D eigenvalue weighted by atomic mass is 79.9. The minimum Gasteiger partial charge on any atom is -0.271 e. The van der Waals surface area contributed by atoms with E-state index in [0.717, 1.165) is 12.1 Å². The average Bonchev–Trinajstić information content (AvgIpc) is 2.34. The van der Waals surface area contributed by atoms with Gasteiger partial charge in [0.1, 0.15) is 17.5 Å². The van der Waals surface area contributed by atoms with Crippen molar-refractivity contribution >= 4 is 15.9 Å². The summed E-state index contributed by atoms with van der Waals surface area (Å²) in [5.41, 5.74) is 2.59. The van der Waals surface area contributed by atoms with E-state index >= 15 is 0 Å². The van der Waals surface area contributed by atoms with Gasteiger partial charge in [0.05, 0.1) is 6.04 Å². The molecule has 0 spiro atoms. The summed E-state index contributed by atoms with van der Waals surface area (Å²) < 4.78 is 41.0. The van der Waals surface area contributed by atoms with E-state index in [-0.39, 0.29) is 11.1 Å². The van der Waals surface area contributed by atoms with E-state index in [1.54, 1.807) is 6.07 Å². The van der Waals surface area contributed by atoms with Gasteiger partial charge < -0.3 is 0 Å². The Morgan fingerprint density at radius 3 is 2.05 bits per heavy atom. The van der Waals surface area contributed by atoms with Crippen molar-refractivity contribution in [3.8, 4) is 0 Å². The fourth-order valence-electron chi connectivity index (χ4n) is 1.82. The molecule has 0 saturated carbocycles. The second kappa shape index (κ2) is 5.73. The summed E-state index contributed by atoms with van der Waals surface area (Å²) >= 11 is 3.13. The van der Waals surface area contributed by atoms with E-state index in [2.05, 4.69) is 21.4 Å². The molecule has 0 aliphatic heterocycles. The van der Waals surface area contributed by atoms with Gasteiger partial charge in [0.15, 0.2) is 0 Å². The van der Waals surface area contributed by atoms with Crippen LogP contribution in [-0.4, -0.2) is 0 Å². The minimum atomic E-state index is -0.895. The zero-order chi connectivity index (χ0) is 14.0. The molecule has 1 unspecified atom stereocenters. The highest BCUT2D eigenvalue weighted by Crippen LogP contribution is 2.27. The topological polar surface area (TPSA) is 38.0 Å². The molecule has 0 aliphatic rings. The van der Waals surface area contributed by atoms with Crippen molar-refractivity contribution < 1.29 is 13.2 Å². The van der Waals surface area contributed by atoms with Crippen molar-refractivity contribution in [2.45, 2.75) is 6.04 Å². The monoisotopic (exact) mass is 330 g/mol. The van der Waals surface area contributed by atoms with Gasteiger partial charge in [0.2, 0.25) is 0 Å². The average molecular weight is 331 g/mol. The molecule has 1 atom stereocenters. The molecule has 0 fully saturated rings. The molecule has 2 nitrogen and oxygen atoms in total. The van der Waals surface area contributed by atoms with Gasteiger partial charge in [-0.15, -0.1) is 0 Å².